The third-order valence-corrected chi connectivity index (χ3v) is 5.42. The first-order chi connectivity index (χ1) is 15.3. The second-order valence-electron chi connectivity index (χ2n) is 7.78. The smallest absolute Gasteiger partial charge is 0.290 e. The van der Waals surface area contributed by atoms with Crippen LogP contribution in [0.2, 0.25) is 0 Å². The van der Waals surface area contributed by atoms with Gasteiger partial charge in [-0.15, -0.1) is 0 Å². The molecule has 7 nitrogen and oxygen atoms in total. The van der Waals surface area contributed by atoms with E-state index in [0.717, 1.165) is 37.8 Å². The van der Waals surface area contributed by atoms with E-state index in [4.69, 9.17) is 9.90 Å². The van der Waals surface area contributed by atoms with E-state index in [1.165, 1.54) is 12.1 Å². The van der Waals surface area contributed by atoms with E-state index in [-0.39, 0.29) is 36.7 Å². The number of likely N-dealkylation sites (N-methyl/N-ethyl adjacent to an activating group) is 1. The number of rotatable bonds is 5. The molecular weight excluding hydrogens is 413 g/mol. The molecule has 0 saturated carbocycles. The summed E-state index contributed by atoms with van der Waals surface area (Å²) in [5.74, 6) is -0.633. The molecule has 172 valence electrons. The Morgan fingerprint density at radius 2 is 1.94 bits per heavy atom. The number of anilines is 1. The number of aryl methyl sites for hydroxylation is 1. The highest BCUT2D eigenvalue weighted by Crippen LogP contribution is 2.21. The van der Waals surface area contributed by atoms with Crippen LogP contribution in [0.25, 0.3) is 0 Å². The van der Waals surface area contributed by atoms with E-state index in [1.54, 1.807) is 24.3 Å². The Morgan fingerprint density at radius 3 is 2.66 bits per heavy atom. The highest BCUT2D eigenvalue weighted by atomic mass is 19.1. The Kier molecular flexibility index (Phi) is 9.81. The zero-order chi connectivity index (χ0) is 23.5. The van der Waals surface area contributed by atoms with Crippen molar-refractivity contribution < 1.29 is 23.9 Å². The van der Waals surface area contributed by atoms with Crippen LogP contribution in [-0.4, -0.2) is 47.9 Å². The van der Waals surface area contributed by atoms with Crippen molar-refractivity contribution in [1.82, 2.24) is 10.2 Å². The number of carboxylic acid groups (broad SMARTS) is 1. The van der Waals surface area contributed by atoms with Gasteiger partial charge < -0.3 is 15.7 Å². The van der Waals surface area contributed by atoms with Crippen molar-refractivity contribution in [2.45, 2.75) is 45.2 Å². The topological polar surface area (TPSA) is 98.7 Å². The minimum Gasteiger partial charge on any atom is -0.483 e. The molecule has 0 bridgehead atoms. The van der Waals surface area contributed by atoms with Crippen LogP contribution in [-0.2, 0) is 16.1 Å². The summed E-state index contributed by atoms with van der Waals surface area (Å²) >= 11 is 0. The van der Waals surface area contributed by atoms with Gasteiger partial charge in [-0.05, 0) is 68.8 Å². The second-order valence-corrected chi connectivity index (χ2v) is 7.78. The standard InChI is InChI=1S/C23H28FN3O2.CH2O2/c1-16-10-11-18(22(28)25-15-17-7-6-8-19(24)13-17)14-20(16)26-23(29)21-9-4-3-5-12-27(21)2;2-1-3/h6-8,10-11,13-14,21H,3-5,9,12,15H2,1-2H3,(H,25,28)(H,26,29);1H,(H,2,3). The first kappa shape index (κ1) is 25.0. The Morgan fingerprint density at radius 1 is 1.19 bits per heavy atom. The van der Waals surface area contributed by atoms with Gasteiger partial charge in [0, 0.05) is 17.8 Å². The van der Waals surface area contributed by atoms with Gasteiger partial charge in [0.1, 0.15) is 5.82 Å². The normalized spacial score (nSPS) is 16.2. The predicted octanol–water partition coefficient (Wildman–Crippen LogP) is 3.58. The lowest BCUT2D eigenvalue weighted by Gasteiger charge is -2.25. The van der Waals surface area contributed by atoms with E-state index in [2.05, 4.69) is 15.5 Å². The Bertz CT molecular complexity index is 935. The molecule has 0 radical (unpaired) electrons. The SMILES string of the molecule is Cc1ccc(C(=O)NCc2cccc(F)c2)cc1NC(=O)C1CCCCCN1C.O=CO. The Labute approximate surface area is 187 Å². The van der Waals surface area contributed by atoms with Gasteiger partial charge in [0.2, 0.25) is 5.91 Å². The number of nitrogens with one attached hydrogen (secondary N) is 2. The van der Waals surface area contributed by atoms with E-state index < -0.39 is 0 Å². The first-order valence-corrected chi connectivity index (χ1v) is 10.6. The highest BCUT2D eigenvalue weighted by Gasteiger charge is 2.25. The van der Waals surface area contributed by atoms with E-state index in [1.807, 2.05) is 20.0 Å². The monoisotopic (exact) mass is 443 g/mol. The van der Waals surface area contributed by atoms with Crippen LogP contribution in [0.5, 0.6) is 0 Å². The maximum atomic E-state index is 13.3. The number of hydrogen-bond acceptors (Lipinski definition) is 4. The minimum atomic E-state index is -0.333. The molecule has 3 rings (SSSR count). The van der Waals surface area contributed by atoms with Crippen LogP contribution in [0.1, 0.15) is 47.2 Å². The fourth-order valence-corrected chi connectivity index (χ4v) is 3.63. The second kappa shape index (κ2) is 12.6. The van der Waals surface area contributed by atoms with Gasteiger partial charge in [0.25, 0.3) is 12.4 Å². The quantitative estimate of drug-likeness (QED) is 0.614. The van der Waals surface area contributed by atoms with Crippen LogP contribution in [0.3, 0.4) is 0 Å². The molecule has 32 heavy (non-hydrogen) atoms. The number of carbonyl (C=O) groups is 3. The summed E-state index contributed by atoms with van der Waals surface area (Å²) in [6.45, 7) is 2.81. The third-order valence-electron chi connectivity index (χ3n) is 5.42. The van der Waals surface area contributed by atoms with Crippen LogP contribution in [0.4, 0.5) is 10.1 Å². The third kappa shape index (κ3) is 7.46. The number of halogens is 1. The lowest BCUT2D eigenvalue weighted by molar-refractivity contribution is -0.123. The van der Waals surface area contributed by atoms with E-state index in [0.29, 0.717) is 16.8 Å². The van der Waals surface area contributed by atoms with Crippen LogP contribution >= 0.6 is 0 Å². The van der Waals surface area contributed by atoms with Gasteiger partial charge in [-0.2, -0.15) is 0 Å². The zero-order valence-electron chi connectivity index (χ0n) is 18.4. The van der Waals surface area contributed by atoms with Crippen molar-refractivity contribution in [2.24, 2.45) is 0 Å². The molecule has 1 unspecified atom stereocenters. The Hall–Kier alpha value is -3.26. The molecule has 2 amide bonds. The molecule has 8 heteroatoms. The maximum Gasteiger partial charge on any atom is 0.290 e. The molecule has 1 heterocycles. The Balaban J connectivity index is 0.00000114. The molecule has 3 N–H and O–H groups in total. The summed E-state index contributed by atoms with van der Waals surface area (Å²) in [7, 11) is 1.98. The number of amides is 2. The van der Waals surface area contributed by atoms with Crippen molar-refractivity contribution in [3.8, 4) is 0 Å². The number of carbonyl (C=O) groups excluding carboxylic acids is 2. The molecule has 0 aliphatic carbocycles. The lowest BCUT2D eigenvalue weighted by Crippen LogP contribution is -2.41. The molecule has 2 aromatic rings. The number of nitrogens with zero attached hydrogens (tertiary/aromatic N) is 1. The molecule has 2 aromatic carbocycles. The van der Waals surface area contributed by atoms with Crippen molar-refractivity contribution in [2.75, 3.05) is 18.9 Å². The molecule has 1 aliphatic heterocycles. The van der Waals surface area contributed by atoms with Crippen molar-refractivity contribution in [1.29, 1.82) is 0 Å². The van der Waals surface area contributed by atoms with Crippen molar-refractivity contribution in [3.05, 3.63) is 65.0 Å². The number of hydrogen-bond donors (Lipinski definition) is 3. The summed E-state index contributed by atoms with van der Waals surface area (Å²) < 4.78 is 13.3. The number of benzene rings is 2. The lowest BCUT2D eigenvalue weighted by atomic mass is 10.1. The maximum absolute atomic E-state index is 13.3. The molecule has 1 saturated heterocycles. The summed E-state index contributed by atoms with van der Waals surface area (Å²) in [6, 6.07) is 11.2. The van der Waals surface area contributed by atoms with Crippen molar-refractivity contribution >= 4 is 24.0 Å². The largest absolute Gasteiger partial charge is 0.483 e. The molecule has 0 spiro atoms. The summed E-state index contributed by atoms with van der Waals surface area (Å²) in [6.07, 6.45) is 4.15. The fourth-order valence-electron chi connectivity index (χ4n) is 3.63. The van der Waals surface area contributed by atoms with Gasteiger partial charge in [0.15, 0.2) is 0 Å². The minimum absolute atomic E-state index is 0.0326. The average Bonchev–Trinajstić information content (AvgIpc) is 2.98. The fraction of sp³-hybridized carbons (Fsp3) is 0.375. The highest BCUT2D eigenvalue weighted by molar-refractivity contribution is 5.99. The summed E-state index contributed by atoms with van der Waals surface area (Å²) in [5, 5.41) is 12.7. The molecule has 1 atom stereocenters. The molecule has 0 aromatic heterocycles. The molecular formula is C24H30FN3O4. The van der Waals surface area contributed by atoms with Gasteiger partial charge in [-0.25, -0.2) is 4.39 Å². The van der Waals surface area contributed by atoms with Gasteiger partial charge in [0.05, 0.1) is 6.04 Å². The van der Waals surface area contributed by atoms with Crippen molar-refractivity contribution in [3.63, 3.8) is 0 Å². The average molecular weight is 444 g/mol. The van der Waals surface area contributed by atoms with E-state index in [9.17, 15) is 14.0 Å². The van der Waals surface area contributed by atoms with Gasteiger partial charge in [-0.3, -0.25) is 19.3 Å². The first-order valence-electron chi connectivity index (χ1n) is 10.6. The van der Waals surface area contributed by atoms with Gasteiger partial charge >= 0.3 is 0 Å². The molecule has 1 fully saturated rings. The predicted molar refractivity (Wildman–Crippen MR) is 121 cm³/mol. The van der Waals surface area contributed by atoms with E-state index >= 15 is 0 Å². The van der Waals surface area contributed by atoms with Crippen LogP contribution in [0, 0.1) is 12.7 Å². The molecule has 1 aliphatic rings. The van der Waals surface area contributed by atoms with Gasteiger partial charge in [-0.1, -0.05) is 31.0 Å². The summed E-state index contributed by atoms with van der Waals surface area (Å²) in [4.78, 5) is 35.8. The van der Waals surface area contributed by atoms with Crippen LogP contribution in [0.15, 0.2) is 42.5 Å². The van der Waals surface area contributed by atoms with Crippen LogP contribution < -0.4 is 10.6 Å². The number of likely N-dealkylation sites (tertiary alicyclic amines) is 1. The zero-order valence-corrected chi connectivity index (χ0v) is 18.4. The summed E-state index contributed by atoms with van der Waals surface area (Å²) in [5.41, 5.74) is 2.69.